The van der Waals surface area contributed by atoms with E-state index < -0.39 is 62.9 Å². The number of hydrogen-bond acceptors (Lipinski definition) is 13. The summed E-state index contributed by atoms with van der Waals surface area (Å²) in [6, 6.07) is 27.5. The molecule has 3 heterocycles. The van der Waals surface area contributed by atoms with E-state index in [4.69, 9.17) is 10.7 Å². The first kappa shape index (κ1) is 67.7. The summed E-state index contributed by atoms with van der Waals surface area (Å²) in [6.45, 7) is 16.2. The number of aliphatic hydroxyl groups excluding tert-OH is 2. The molecule has 6 amide bonds. The molecule has 2 aromatic heterocycles. The van der Waals surface area contributed by atoms with E-state index in [0.29, 0.717) is 48.5 Å². The average molecular weight is 1190 g/mol. The first-order chi connectivity index (χ1) is 41.2. The van der Waals surface area contributed by atoms with Gasteiger partial charge in [-0.1, -0.05) is 87.6 Å². The number of fused-ring (bicyclic) bond motifs is 5. The number of amides is 6. The van der Waals surface area contributed by atoms with Gasteiger partial charge < -0.3 is 52.0 Å². The number of nitrogens with zero attached hydrogens (tertiary/aromatic N) is 6. The molecule has 3 aromatic carbocycles. The Hall–Kier alpha value is -8.38. The van der Waals surface area contributed by atoms with E-state index in [1.807, 2.05) is 79.7 Å². The van der Waals surface area contributed by atoms with E-state index >= 15 is 0 Å². The maximum atomic E-state index is 14.8. The minimum atomic E-state index is -1.52. The van der Waals surface area contributed by atoms with Crippen molar-refractivity contribution < 1.29 is 39.0 Å². The number of hydrogen-bond donors (Lipinski definition) is 8. The van der Waals surface area contributed by atoms with Gasteiger partial charge in [0, 0.05) is 92.3 Å². The molecule has 87 heavy (non-hydrogen) atoms. The molecule has 20 nitrogen and oxygen atoms in total. The molecule has 0 saturated carbocycles. The number of para-hydroxylation sites is 2. The molecule has 0 fully saturated rings. The zero-order valence-electron chi connectivity index (χ0n) is 52.1. The highest BCUT2D eigenvalue weighted by Crippen LogP contribution is 2.49. The number of unbranched alkanes of at least 4 members (excludes halogenated alkanes) is 1. The van der Waals surface area contributed by atoms with Crippen LogP contribution in [0.25, 0.3) is 21.9 Å². The molecule has 464 valence electrons. The Bertz CT molecular complexity index is 3460. The minimum Gasteiger partial charge on any atom is -0.392 e. The zero-order chi connectivity index (χ0) is 63.7. The number of aryl methyl sites for hydroxylation is 2. The number of carbonyl (C=O) groups is 6. The summed E-state index contributed by atoms with van der Waals surface area (Å²) < 4.78 is 2.17. The van der Waals surface area contributed by atoms with E-state index in [0.717, 1.165) is 39.8 Å². The van der Waals surface area contributed by atoms with E-state index in [1.54, 1.807) is 46.4 Å². The van der Waals surface area contributed by atoms with Gasteiger partial charge in [0.05, 0.1) is 63.9 Å². The van der Waals surface area contributed by atoms with Gasteiger partial charge in [0.2, 0.25) is 35.4 Å². The van der Waals surface area contributed by atoms with Gasteiger partial charge in [0.15, 0.2) is 5.82 Å². The van der Waals surface area contributed by atoms with Crippen LogP contribution < -0.4 is 37.2 Å². The molecular formula is C67H88N12O8. The Labute approximate surface area is 511 Å². The quantitative estimate of drug-likeness (QED) is 0.0159. The number of nitrogens with one attached hydrogen (secondary N) is 5. The average Bonchev–Trinajstić information content (AvgIpc) is 1.83. The third-order valence-electron chi connectivity index (χ3n) is 17.0. The molecule has 9 N–H and O–H groups in total. The second-order valence-corrected chi connectivity index (χ2v) is 25.0. The lowest BCUT2D eigenvalue weighted by molar-refractivity contribution is -0.140. The zero-order valence-corrected chi connectivity index (χ0v) is 52.1. The van der Waals surface area contributed by atoms with Crippen molar-refractivity contribution in [2.45, 2.75) is 165 Å². The summed E-state index contributed by atoms with van der Waals surface area (Å²) in [5, 5.41) is 57.0. The number of aromatic nitrogens is 3. The molecular weight excluding hydrogens is 1100 g/mol. The molecule has 0 spiro atoms. The van der Waals surface area contributed by atoms with Crippen molar-refractivity contribution in [2.75, 3.05) is 43.4 Å². The predicted octanol–water partition coefficient (Wildman–Crippen LogP) is 7.41. The van der Waals surface area contributed by atoms with Crippen LogP contribution in [0.2, 0.25) is 0 Å². The van der Waals surface area contributed by atoms with Crippen molar-refractivity contribution >= 4 is 68.9 Å². The number of benzene rings is 3. The Balaban J connectivity index is 1.13. The van der Waals surface area contributed by atoms with E-state index in [1.165, 1.54) is 13.8 Å². The summed E-state index contributed by atoms with van der Waals surface area (Å²) in [4.78, 5) is 95.5. The van der Waals surface area contributed by atoms with Gasteiger partial charge in [-0.15, -0.1) is 0 Å². The summed E-state index contributed by atoms with van der Waals surface area (Å²) in [5.74, 6) is 5.21. The molecule has 0 bridgehead atoms. The second kappa shape index (κ2) is 29.8. The number of imidazole rings is 1. The van der Waals surface area contributed by atoms with Crippen LogP contribution in [-0.2, 0) is 48.3 Å². The van der Waals surface area contributed by atoms with Gasteiger partial charge >= 0.3 is 0 Å². The van der Waals surface area contributed by atoms with Gasteiger partial charge in [-0.2, -0.15) is 10.5 Å². The van der Waals surface area contributed by atoms with Gasteiger partial charge in [0.1, 0.15) is 11.3 Å². The van der Waals surface area contributed by atoms with Gasteiger partial charge in [-0.25, -0.2) is 9.97 Å². The normalized spacial score (nSPS) is 15.5. The molecule has 6 rings (SSSR count). The summed E-state index contributed by atoms with van der Waals surface area (Å²) >= 11 is 0. The fourth-order valence-corrected chi connectivity index (χ4v) is 11.9. The molecule has 0 radical (unpaired) electrons. The molecule has 1 aliphatic heterocycles. The number of aliphatic hydroxyl groups is 2. The molecule has 0 saturated heterocycles. The van der Waals surface area contributed by atoms with Crippen molar-refractivity contribution in [1.29, 1.82) is 10.5 Å². The monoisotopic (exact) mass is 1190 g/mol. The largest absolute Gasteiger partial charge is 0.392 e. The fourth-order valence-electron chi connectivity index (χ4n) is 11.9. The number of carbonyl (C=O) groups excluding carboxylic acids is 6. The number of pyridine rings is 1. The maximum absolute atomic E-state index is 14.8. The van der Waals surface area contributed by atoms with Crippen LogP contribution in [0.5, 0.6) is 0 Å². The lowest BCUT2D eigenvalue weighted by Crippen LogP contribution is -2.51. The van der Waals surface area contributed by atoms with Crippen LogP contribution >= 0.6 is 0 Å². The van der Waals surface area contributed by atoms with E-state index in [9.17, 15) is 49.5 Å². The third-order valence-corrected chi connectivity index (χ3v) is 17.0. The number of nitriles is 2. The van der Waals surface area contributed by atoms with Crippen molar-refractivity contribution in [1.82, 2.24) is 41.1 Å². The summed E-state index contributed by atoms with van der Waals surface area (Å²) in [6.07, 6.45) is 0.103. The number of nitrogens with two attached hydrogens (primary N) is 1. The lowest BCUT2D eigenvalue weighted by atomic mass is 9.59. The Morgan fingerprint density at radius 2 is 1.28 bits per heavy atom. The van der Waals surface area contributed by atoms with Gasteiger partial charge in [0.25, 0.3) is 0 Å². The SMILES string of the molecule is CCc1nc2c(N)nc3ccccc3c2n1CCCCNC(=O)CCNC(=O)C(C)(CCCC(C)(C(=O)NCC(C)O)C(C)(C#N)CCC(=O)NCCC(=O)N1Cc2ccccc2C#Cc2ccccc21)CC(C)(CC(C)(C)C#N)C(=O)NCC(C)O. The van der Waals surface area contributed by atoms with Crippen LogP contribution in [-0.4, -0.2) is 105 Å². The Kier molecular flexibility index (Phi) is 23.2. The van der Waals surface area contributed by atoms with Crippen LogP contribution in [0.4, 0.5) is 11.5 Å². The smallest absolute Gasteiger partial charge is 0.229 e. The Morgan fingerprint density at radius 3 is 1.97 bits per heavy atom. The molecule has 20 heteroatoms. The molecule has 0 aliphatic carbocycles. The highest BCUT2D eigenvalue weighted by molar-refractivity contribution is 6.06. The van der Waals surface area contributed by atoms with E-state index in [-0.39, 0.29) is 102 Å². The summed E-state index contributed by atoms with van der Waals surface area (Å²) in [7, 11) is 0. The van der Waals surface area contributed by atoms with E-state index in [2.05, 4.69) is 60.1 Å². The predicted molar refractivity (Wildman–Crippen MR) is 336 cm³/mol. The number of nitrogen functional groups attached to an aromatic ring is 1. The molecule has 1 aliphatic rings. The second-order valence-electron chi connectivity index (χ2n) is 25.0. The van der Waals surface area contributed by atoms with Gasteiger partial charge in [-0.3, -0.25) is 28.8 Å². The molecule has 5 aromatic rings. The van der Waals surface area contributed by atoms with Crippen molar-refractivity contribution in [2.24, 2.45) is 27.1 Å². The van der Waals surface area contributed by atoms with Crippen LogP contribution in [0, 0.1) is 61.6 Å². The van der Waals surface area contributed by atoms with Gasteiger partial charge in [-0.05, 0) is 116 Å². The molecule has 6 unspecified atom stereocenters. The van der Waals surface area contributed by atoms with Crippen molar-refractivity contribution in [3.05, 3.63) is 95.3 Å². The number of anilines is 2. The number of rotatable bonds is 31. The van der Waals surface area contributed by atoms with Crippen molar-refractivity contribution in [3.63, 3.8) is 0 Å². The summed E-state index contributed by atoms with van der Waals surface area (Å²) in [5.41, 5.74) is 4.98. The first-order valence-corrected chi connectivity index (χ1v) is 30.3. The highest BCUT2D eigenvalue weighted by atomic mass is 16.3. The third kappa shape index (κ3) is 17.2. The standard InChI is InChI=1S/C67H88N12O8/c1-10-53-77-57-58(50-23-14-15-24-51(50)76-59(57)70)78(53)37-18-17-34-71-55(83)29-35-73-60(85)64(6,42-65(7,41-63(4,5)43-68)61(86)74-38-45(2)80)31-19-32-67(9,62(87)75-39-46(3)81)66(8,44-69)33-28-54(82)72-36-30-56(84)79-40-49-22-12-11-20-47(49)26-27-48-21-13-16-25-52(48)79/h11-16,20-25,45-46,80-81H,10,17-19,28-42H2,1-9H3,(H2,70,76)(H,71,83)(H,72,82)(H,73,85)(H,74,86)(H,75,87). The minimum absolute atomic E-state index is 0.00469. The highest BCUT2D eigenvalue weighted by Gasteiger charge is 2.52. The lowest BCUT2D eigenvalue weighted by Gasteiger charge is -2.43. The van der Waals surface area contributed by atoms with Crippen LogP contribution in [0.3, 0.4) is 0 Å². The topological polar surface area (TPSA) is 311 Å². The maximum Gasteiger partial charge on any atom is 0.229 e. The first-order valence-electron chi connectivity index (χ1n) is 30.3. The van der Waals surface area contributed by atoms with Crippen LogP contribution in [0.1, 0.15) is 155 Å². The van der Waals surface area contributed by atoms with Crippen LogP contribution in [0.15, 0.2) is 72.8 Å². The molecule has 6 atom stereocenters. The Morgan fingerprint density at radius 1 is 0.667 bits per heavy atom. The fraction of sp³-hybridized carbons (Fsp3) is 0.522. The van der Waals surface area contributed by atoms with Crippen molar-refractivity contribution in [3.8, 4) is 24.0 Å².